The van der Waals surface area contributed by atoms with Gasteiger partial charge in [-0.05, 0) is 101 Å². The Kier molecular flexibility index (Phi) is 55.6. The van der Waals surface area contributed by atoms with Crippen molar-refractivity contribution < 1.29 is 109 Å². The van der Waals surface area contributed by atoms with Gasteiger partial charge in [-0.1, -0.05) is 201 Å². The monoisotopic (exact) mass is 1480 g/mol. The molecule has 0 fully saturated rings. The third-order valence-electron chi connectivity index (χ3n) is 13.2. The molecule has 566 valence electrons. The van der Waals surface area contributed by atoms with Crippen molar-refractivity contribution in [1.82, 2.24) is 0 Å². The average molecular weight is 1480 g/mol. The zero-order valence-corrected chi connectivity index (χ0v) is 69.1. The number of phosphoric acid groups is 6. The van der Waals surface area contributed by atoms with Gasteiger partial charge in [-0.3, -0.25) is 72.4 Å². The average Bonchev–Trinajstić information content (AvgIpc) is 0.931. The molecule has 0 radical (unpaired) electrons. The lowest BCUT2D eigenvalue weighted by atomic mass is 9.86. The minimum absolute atomic E-state index is 0.205. The van der Waals surface area contributed by atoms with Gasteiger partial charge in [0.05, 0.1) is 46.2 Å². The predicted octanol–water partition coefficient (Wildman–Crippen LogP) is 22.1. The van der Waals surface area contributed by atoms with E-state index in [1.54, 1.807) is 48.5 Å². The van der Waals surface area contributed by atoms with Crippen molar-refractivity contribution >= 4 is 46.9 Å². The molecule has 2 rings (SSSR count). The Balaban J connectivity index is -0.000000561. The summed E-state index contributed by atoms with van der Waals surface area (Å²) >= 11 is 0. The van der Waals surface area contributed by atoms with E-state index in [2.05, 4.69) is 172 Å². The van der Waals surface area contributed by atoms with Crippen molar-refractivity contribution in [1.29, 1.82) is 0 Å². The first kappa shape index (κ1) is 100. The second-order valence-electron chi connectivity index (χ2n) is 26.9. The van der Waals surface area contributed by atoms with E-state index in [1.807, 2.05) is 19.1 Å². The first-order valence-electron chi connectivity index (χ1n) is 32.5. The lowest BCUT2D eigenvalue weighted by Crippen LogP contribution is -2.19. The lowest BCUT2D eigenvalue weighted by Gasteiger charge is -2.28. The third-order valence-corrected chi connectivity index (χ3v) is 21.4. The summed E-state index contributed by atoms with van der Waals surface area (Å²) in [5.74, 6) is 3.08. The number of rotatable bonds is 41. The van der Waals surface area contributed by atoms with Gasteiger partial charge in [-0.2, -0.15) is 0 Å². The van der Waals surface area contributed by atoms with Crippen molar-refractivity contribution in [3.05, 3.63) is 60.7 Å². The fraction of sp³-hybridized carbons (Fsp3) is 0.815. The molecule has 7 atom stereocenters. The standard InChI is InChI=1S/C24H51O4P.C17H21O4P.C15H33O4P.3C3H9O4P/c1-19(13-22(4,5)6)16-26-29(25,27-17-20(2)14-23(7,8)9)28-18-21(3)15-24(10,11)12;1-3-15(2)14-19-22(18,20-16-10-6-4-7-11-16)21-17-12-8-5-9-13-17;1-7-13(4)10-17-20(16,18-11-14(5)8-2)19-12-15(6)9-3;3*1-5-8(4,6-2)7-3/h19-21H,13-18H2,1-12H3;4-13,15H,3,14H2,1-2H3;13-15H,7-12H2,1-6H3;3*1-3H3. The van der Waals surface area contributed by atoms with Crippen LogP contribution >= 0.6 is 46.9 Å². The molecule has 0 aliphatic heterocycles. The zero-order valence-electron chi connectivity index (χ0n) is 63.7. The molecule has 0 N–H and O–H groups in total. The van der Waals surface area contributed by atoms with Crippen molar-refractivity contribution in [2.24, 2.45) is 57.7 Å². The summed E-state index contributed by atoms with van der Waals surface area (Å²) in [6, 6.07) is 17.8. The van der Waals surface area contributed by atoms with E-state index in [-0.39, 0.29) is 39.9 Å². The topological polar surface area (TPSA) is 269 Å². The summed E-state index contributed by atoms with van der Waals surface area (Å²) in [5.41, 5.74) is 0.616. The van der Waals surface area contributed by atoms with Crippen LogP contribution in [0, 0.1) is 57.7 Å². The van der Waals surface area contributed by atoms with Crippen LogP contribution in [0.4, 0.5) is 0 Å². The van der Waals surface area contributed by atoms with E-state index >= 15 is 0 Å². The Morgan fingerprint density at radius 1 is 0.274 bits per heavy atom. The normalized spacial score (nSPS) is 15.8. The molecule has 30 heteroatoms. The van der Waals surface area contributed by atoms with Crippen LogP contribution in [0.1, 0.15) is 183 Å². The molecule has 0 heterocycles. The van der Waals surface area contributed by atoms with Crippen molar-refractivity contribution in [2.75, 3.05) is 110 Å². The molecule has 0 bridgehead atoms. The fourth-order valence-corrected chi connectivity index (χ4v) is 13.3. The van der Waals surface area contributed by atoms with Crippen LogP contribution in [0.2, 0.25) is 0 Å². The summed E-state index contributed by atoms with van der Waals surface area (Å²) in [6.45, 7) is 45.4. The molecule has 24 nitrogen and oxygen atoms in total. The van der Waals surface area contributed by atoms with Gasteiger partial charge >= 0.3 is 46.9 Å². The summed E-state index contributed by atoms with van der Waals surface area (Å²) < 4.78 is 160. The van der Waals surface area contributed by atoms with E-state index in [1.165, 1.54) is 64.0 Å². The Bertz CT molecular complexity index is 2200. The Morgan fingerprint density at radius 2 is 0.442 bits per heavy atom. The molecule has 2 aromatic rings. The maximum Gasteiger partial charge on any atom is 0.587 e. The van der Waals surface area contributed by atoms with E-state index in [0.717, 1.165) is 44.9 Å². The van der Waals surface area contributed by atoms with Crippen LogP contribution in [-0.2, 0) is 99.8 Å². The maximum absolute atomic E-state index is 13.4. The number of para-hydroxylation sites is 2. The van der Waals surface area contributed by atoms with Gasteiger partial charge in [0.2, 0.25) is 0 Å². The molecule has 0 aliphatic rings. The van der Waals surface area contributed by atoms with Gasteiger partial charge in [0.25, 0.3) is 0 Å². The lowest BCUT2D eigenvalue weighted by molar-refractivity contribution is 0.0692. The van der Waals surface area contributed by atoms with E-state index in [9.17, 15) is 27.4 Å². The molecule has 7 unspecified atom stereocenters. The molecule has 0 saturated heterocycles. The molecule has 0 aromatic heterocycles. The fourth-order valence-electron chi connectivity index (χ4n) is 7.50. The van der Waals surface area contributed by atoms with Gasteiger partial charge in [0, 0.05) is 64.0 Å². The second kappa shape index (κ2) is 52.7. The molecular weight excluding hydrogens is 1350 g/mol. The Hall–Kier alpha value is -1.22. The van der Waals surface area contributed by atoms with E-state index in [4.69, 9.17) is 40.7 Å². The Labute approximate surface area is 576 Å². The summed E-state index contributed by atoms with van der Waals surface area (Å²) in [5, 5.41) is 0. The minimum atomic E-state index is -3.73. The van der Waals surface area contributed by atoms with E-state index < -0.39 is 46.9 Å². The van der Waals surface area contributed by atoms with Crippen LogP contribution in [0.15, 0.2) is 60.7 Å². The second-order valence-corrected chi connectivity index (χ2v) is 37.7. The highest BCUT2D eigenvalue weighted by molar-refractivity contribution is 7.50. The SMILES string of the molecule is CC(COP(=O)(OCC(C)CC(C)(C)C)OCC(C)CC(C)(C)C)CC(C)(C)C.CCC(C)COP(=O)(OCC(C)CC)OCC(C)CC.CCC(C)COP(=O)(Oc1ccccc1)Oc1ccccc1.COP(=O)(OC)OC.COP(=O)(OC)OC.COP(=O)(OC)OC. The molecule has 2 aromatic carbocycles. The summed E-state index contributed by atoms with van der Waals surface area (Å²) in [7, 11) is -8.89. The van der Waals surface area contributed by atoms with Gasteiger partial charge in [0.1, 0.15) is 11.5 Å². The van der Waals surface area contributed by atoms with Gasteiger partial charge in [-0.25, -0.2) is 27.4 Å². The minimum Gasteiger partial charge on any atom is -0.395 e. The number of phosphoric ester groups is 6. The van der Waals surface area contributed by atoms with Crippen LogP contribution < -0.4 is 9.05 Å². The van der Waals surface area contributed by atoms with Gasteiger partial charge in [0.15, 0.2) is 0 Å². The van der Waals surface area contributed by atoms with Crippen LogP contribution in [0.25, 0.3) is 0 Å². The third kappa shape index (κ3) is 56.1. The van der Waals surface area contributed by atoms with Crippen LogP contribution in [0.5, 0.6) is 11.5 Å². The van der Waals surface area contributed by atoms with Crippen molar-refractivity contribution in [3.8, 4) is 11.5 Å². The first-order chi connectivity index (χ1) is 43.8. The first-order valence-corrected chi connectivity index (χ1v) is 41.2. The Morgan fingerprint density at radius 3 is 0.589 bits per heavy atom. The molecule has 95 heavy (non-hydrogen) atoms. The number of benzene rings is 2. The largest absolute Gasteiger partial charge is 0.587 e. The van der Waals surface area contributed by atoms with Crippen molar-refractivity contribution in [2.45, 2.75) is 183 Å². The molecule has 0 aliphatic carbocycles. The smallest absolute Gasteiger partial charge is 0.395 e. The number of hydrogen-bond acceptors (Lipinski definition) is 24. The highest BCUT2D eigenvalue weighted by Gasteiger charge is 2.34. The van der Waals surface area contributed by atoms with Gasteiger partial charge in [-0.15, -0.1) is 0 Å². The molecule has 0 saturated carbocycles. The summed E-state index contributed by atoms with van der Waals surface area (Å²) in [6.07, 6.45) is 6.86. The zero-order chi connectivity index (χ0) is 74.4. The predicted molar refractivity (Wildman–Crippen MR) is 382 cm³/mol. The highest BCUT2D eigenvalue weighted by Crippen LogP contribution is 2.54. The molecular formula is C65H132O24P6. The quantitative estimate of drug-likeness (QED) is 0.0560. The van der Waals surface area contributed by atoms with E-state index in [0.29, 0.717) is 75.5 Å². The van der Waals surface area contributed by atoms with Gasteiger partial charge < -0.3 is 9.05 Å². The van der Waals surface area contributed by atoms with Crippen LogP contribution in [0.3, 0.4) is 0 Å². The maximum atomic E-state index is 13.4. The van der Waals surface area contributed by atoms with Crippen molar-refractivity contribution in [3.63, 3.8) is 0 Å². The highest BCUT2D eigenvalue weighted by atomic mass is 31.2. The molecule has 0 spiro atoms. The molecule has 0 amide bonds. The number of hydrogen-bond donors (Lipinski definition) is 0. The summed E-state index contributed by atoms with van der Waals surface area (Å²) in [4.78, 5) is 0. The van der Waals surface area contributed by atoms with Crippen LogP contribution in [-0.4, -0.2) is 110 Å².